The molecule has 0 bridgehead atoms. The Balaban J connectivity index is 1.69. The van der Waals surface area contributed by atoms with Crippen LogP contribution in [0.4, 0.5) is 0 Å². The van der Waals surface area contributed by atoms with E-state index in [2.05, 4.69) is 15.6 Å². The summed E-state index contributed by atoms with van der Waals surface area (Å²) in [5.74, 6) is -0.247. The van der Waals surface area contributed by atoms with Gasteiger partial charge in [0.05, 0.1) is 17.4 Å². The number of fused-ring (bicyclic) bond motifs is 1. The lowest BCUT2D eigenvalue weighted by Gasteiger charge is -2.03. The zero-order valence-electron chi connectivity index (χ0n) is 13.5. The summed E-state index contributed by atoms with van der Waals surface area (Å²) >= 11 is 6.03. The standard InChI is InChI=1S/C18H17ClN4O/c1-12-3-5-14(6-4-12)10-20-21-18(24)11-23-17-9-15(19)7-8-16(17)13(2)22-23/h3-10H,11H2,1-2H3,(H,21,24)/b20-10-. The zero-order valence-corrected chi connectivity index (χ0v) is 14.2. The molecular weight excluding hydrogens is 324 g/mol. The van der Waals surface area contributed by atoms with Gasteiger partial charge in [0.1, 0.15) is 6.54 Å². The predicted octanol–water partition coefficient (Wildman–Crippen LogP) is 3.46. The Bertz CT molecular complexity index is 913. The molecule has 122 valence electrons. The van der Waals surface area contributed by atoms with E-state index < -0.39 is 0 Å². The average molecular weight is 341 g/mol. The minimum absolute atomic E-state index is 0.0793. The lowest BCUT2D eigenvalue weighted by molar-refractivity contribution is -0.121. The fraction of sp³-hybridized carbons (Fsp3) is 0.167. The molecule has 3 rings (SSSR count). The van der Waals surface area contributed by atoms with Gasteiger partial charge in [-0.05, 0) is 37.6 Å². The number of aromatic nitrogens is 2. The first-order valence-electron chi connectivity index (χ1n) is 7.54. The molecule has 1 N–H and O–H groups in total. The number of hydrogen-bond donors (Lipinski definition) is 1. The van der Waals surface area contributed by atoms with Crippen LogP contribution in [0, 0.1) is 13.8 Å². The van der Waals surface area contributed by atoms with E-state index in [0.717, 1.165) is 22.2 Å². The van der Waals surface area contributed by atoms with E-state index in [1.165, 1.54) is 5.56 Å². The summed E-state index contributed by atoms with van der Waals surface area (Å²) in [4.78, 5) is 12.1. The molecule has 1 amide bonds. The lowest BCUT2D eigenvalue weighted by Crippen LogP contribution is -2.23. The van der Waals surface area contributed by atoms with Gasteiger partial charge in [0.15, 0.2) is 0 Å². The van der Waals surface area contributed by atoms with Crippen LogP contribution in [0.15, 0.2) is 47.6 Å². The fourth-order valence-corrected chi connectivity index (χ4v) is 2.60. The third-order valence-electron chi connectivity index (χ3n) is 3.67. The van der Waals surface area contributed by atoms with Gasteiger partial charge in [0, 0.05) is 10.4 Å². The summed E-state index contributed by atoms with van der Waals surface area (Å²) in [6.07, 6.45) is 1.61. The van der Waals surface area contributed by atoms with Crippen molar-refractivity contribution < 1.29 is 4.79 Å². The van der Waals surface area contributed by atoms with Gasteiger partial charge >= 0.3 is 0 Å². The van der Waals surface area contributed by atoms with Crippen molar-refractivity contribution in [2.45, 2.75) is 20.4 Å². The van der Waals surface area contributed by atoms with Crippen LogP contribution < -0.4 is 5.43 Å². The highest BCUT2D eigenvalue weighted by atomic mass is 35.5. The Kier molecular flexibility index (Phi) is 4.62. The Morgan fingerprint density at radius 1 is 1.25 bits per heavy atom. The summed E-state index contributed by atoms with van der Waals surface area (Å²) < 4.78 is 1.63. The van der Waals surface area contributed by atoms with E-state index in [-0.39, 0.29) is 12.5 Å². The largest absolute Gasteiger partial charge is 0.271 e. The number of nitrogens with one attached hydrogen (secondary N) is 1. The van der Waals surface area contributed by atoms with Gasteiger partial charge in [-0.15, -0.1) is 0 Å². The summed E-state index contributed by atoms with van der Waals surface area (Å²) in [5, 5.41) is 9.97. The maximum Gasteiger partial charge on any atom is 0.261 e. The van der Waals surface area contributed by atoms with Crippen LogP contribution >= 0.6 is 11.6 Å². The normalized spacial score (nSPS) is 11.3. The van der Waals surface area contributed by atoms with Gasteiger partial charge in [-0.25, -0.2) is 5.43 Å². The van der Waals surface area contributed by atoms with Crippen molar-refractivity contribution in [2.75, 3.05) is 0 Å². The van der Waals surface area contributed by atoms with Crippen molar-refractivity contribution in [1.82, 2.24) is 15.2 Å². The number of hydrazone groups is 1. The third-order valence-corrected chi connectivity index (χ3v) is 3.91. The van der Waals surface area contributed by atoms with Gasteiger partial charge in [-0.3, -0.25) is 9.48 Å². The van der Waals surface area contributed by atoms with Gasteiger partial charge in [0.25, 0.3) is 5.91 Å². The molecule has 1 heterocycles. The van der Waals surface area contributed by atoms with Crippen LogP contribution in [0.1, 0.15) is 16.8 Å². The number of benzene rings is 2. The Hall–Kier alpha value is -2.66. The molecule has 0 saturated heterocycles. The first-order valence-corrected chi connectivity index (χ1v) is 7.92. The molecule has 0 aliphatic rings. The van der Waals surface area contributed by atoms with Crippen LogP contribution in [0.3, 0.4) is 0 Å². The number of amides is 1. The van der Waals surface area contributed by atoms with Crippen molar-refractivity contribution in [3.8, 4) is 0 Å². The number of halogens is 1. The summed E-state index contributed by atoms with van der Waals surface area (Å²) in [6.45, 7) is 4.00. The van der Waals surface area contributed by atoms with Gasteiger partial charge in [-0.2, -0.15) is 10.2 Å². The van der Waals surface area contributed by atoms with E-state index in [0.29, 0.717) is 5.02 Å². The Labute approximate surface area is 144 Å². The van der Waals surface area contributed by atoms with Crippen molar-refractivity contribution in [1.29, 1.82) is 0 Å². The molecule has 0 radical (unpaired) electrons. The number of nitrogens with zero attached hydrogens (tertiary/aromatic N) is 3. The van der Waals surface area contributed by atoms with E-state index in [1.54, 1.807) is 17.0 Å². The van der Waals surface area contributed by atoms with Crippen LogP contribution in [0.25, 0.3) is 10.9 Å². The predicted molar refractivity (Wildman–Crippen MR) is 96.4 cm³/mol. The van der Waals surface area contributed by atoms with Crippen LogP contribution in [0.5, 0.6) is 0 Å². The van der Waals surface area contributed by atoms with Crippen LogP contribution in [-0.4, -0.2) is 21.9 Å². The summed E-state index contributed by atoms with van der Waals surface area (Å²) in [6, 6.07) is 13.4. The molecule has 0 fully saturated rings. The molecule has 5 nitrogen and oxygen atoms in total. The van der Waals surface area contributed by atoms with Crippen LogP contribution in [0.2, 0.25) is 5.02 Å². The SMILES string of the molecule is Cc1ccc(/C=N\NC(=O)Cn2nc(C)c3ccc(Cl)cc32)cc1. The second-order valence-electron chi connectivity index (χ2n) is 5.61. The lowest BCUT2D eigenvalue weighted by atomic mass is 10.2. The zero-order chi connectivity index (χ0) is 17.1. The number of hydrogen-bond acceptors (Lipinski definition) is 3. The summed E-state index contributed by atoms with van der Waals surface area (Å²) in [7, 11) is 0. The maximum atomic E-state index is 12.1. The quantitative estimate of drug-likeness (QED) is 0.584. The first kappa shape index (κ1) is 16.2. The van der Waals surface area contributed by atoms with Crippen molar-refractivity contribution >= 4 is 34.6 Å². The molecule has 0 unspecified atom stereocenters. The molecule has 24 heavy (non-hydrogen) atoms. The van der Waals surface area contributed by atoms with Crippen molar-refractivity contribution in [3.05, 3.63) is 64.3 Å². The topological polar surface area (TPSA) is 59.3 Å². The van der Waals surface area contributed by atoms with E-state index >= 15 is 0 Å². The summed E-state index contributed by atoms with van der Waals surface area (Å²) in [5.41, 5.74) is 6.31. The van der Waals surface area contributed by atoms with Crippen molar-refractivity contribution in [2.24, 2.45) is 5.10 Å². The van der Waals surface area contributed by atoms with Crippen molar-refractivity contribution in [3.63, 3.8) is 0 Å². The Morgan fingerprint density at radius 2 is 2.00 bits per heavy atom. The number of carbonyl (C=O) groups excluding carboxylic acids is 1. The highest BCUT2D eigenvalue weighted by Crippen LogP contribution is 2.22. The van der Waals surface area contributed by atoms with Gasteiger partial charge in [-0.1, -0.05) is 41.4 Å². The first-order chi connectivity index (χ1) is 11.5. The molecule has 3 aromatic rings. The molecule has 0 atom stereocenters. The third kappa shape index (κ3) is 3.63. The highest BCUT2D eigenvalue weighted by Gasteiger charge is 2.10. The van der Waals surface area contributed by atoms with Gasteiger partial charge < -0.3 is 0 Å². The molecule has 0 aliphatic heterocycles. The minimum Gasteiger partial charge on any atom is -0.271 e. The minimum atomic E-state index is -0.247. The fourth-order valence-electron chi connectivity index (χ4n) is 2.44. The molecule has 2 aromatic carbocycles. The number of carbonyl (C=O) groups is 1. The Morgan fingerprint density at radius 3 is 2.75 bits per heavy atom. The molecule has 6 heteroatoms. The van der Waals surface area contributed by atoms with E-state index in [1.807, 2.05) is 50.2 Å². The number of rotatable bonds is 4. The smallest absolute Gasteiger partial charge is 0.261 e. The highest BCUT2D eigenvalue weighted by molar-refractivity contribution is 6.31. The maximum absolute atomic E-state index is 12.1. The molecule has 0 saturated carbocycles. The monoisotopic (exact) mass is 340 g/mol. The van der Waals surface area contributed by atoms with Crippen LogP contribution in [-0.2, 0) is 11.3 Å². The number of aryl methyl sites for hydroxylation is 2. The molecule has 1 aromatic heterocycles. The van der Waals surface area contributed by atoms with Gasteiger partial charge in [0.2, 0.25) is 0 Å². The second-order valence-corrected chi connectivity index (χ2v) is 6.04. The molecule has 0 aliphatic carbocycles. The molecular formula is C18H17ClN4O. The second kappa shape index (κ2) is 6.84. The van der Waals surface area contributed by atoms with E-state index in [9.17, 15) is 4.79 Å². The van der Waals surface area contributed by atoms with E-state index in [4.69, 9.17) is 11.6 Å². The average Bonchev–Trinajstić information content (AvgIpc) is 2.84. The molecule has 0 spiro atoms.